The maximum Gasteiger partial charge on any atom is 0.411 e. The minimum Gasteiger partial charge on any atom is -0.307 e. The van der Waals surface area contributed by atoms with E-state index >= 15 is 0 Å². The monoisotopic (exact) mass is 359 g/mol. The third-order valence-electron chi connectivity index (χ3n) is 4.72. The van der Waals surface area contributed by atoms with Crippen molar-refractivity contribution in [2.75, 3.05) is 4.90 Å². The number of benzene rings is 2. The summed E-state index contributed by atoms with van der Waals surface area (Å²) in [6.45, 7) is 6.80. The molecule has 2 aromatic carbocycles. The molecule has 2 aliphatic rings. The number of carbonyl (C=O) groups excluding carboxylic acids is 1. The first kappa shape index (κ1) is 17.2. The molecular weight excluding hydrogens is 336 g/mol. The van der Waals surface area contributed by atoms with Crippen molar-refractivity contribution in [2.24, 2.45) is 5.41 Å². The van der Waals surface area contributed by atoms with Gasteiger partial charge in [-0.05, 0) is 17.0 Å². The summed E-state index contributed by atoms with van der Waals surface area (Å²) in [5.41, 5.74) is 8.75. The highest BCUT2D eigenvalue weighted by Crippen LogP contribution is 2.37. The Hall–Kier alpha value is -3.26. The van der Waals surface area contributed by atoms with E-state index in [2.05, 4.69) is 54.8 Å². The summed E-state index contributed by atoms with van der Waals surface area (Å²) < 4.78 is 0. The number of nitrogens with one attached hydrogen (secondary N) is 2. The van der Waals surface area contributed by atoms with Gasteiger partial charge in [0.1, 0.15) is 5.70 Å². The summed E-state index contributed by atoms with van der Waals surface area (Å²) in [6.07, 6.45) is 3.27. The van der Waals surface area contributed by atoms with Gasteiger partial charge in [-0.1, -0.05) is 68.2 Å². The summed E-state index contributed by atoms with van der Waals surface area (Å²) >= 11 is 0. The zero-order valence-corrected chi connectivity index (χ0v) is 15.8. The average Bonchev–Trinajstić information content (AvgIpc) is 2.64. The van der Waals surface area contributed by atoms with Crippen LogP contribution in [0, 0.1) is 11.6 Å². The van der Waals surface area contributed by atoms with Gasteiger partial charge in [0.15, 0.2) is 5.70 Å². The van der Waals surface area contributed by atoms with Crippen LogP contribution in [0.4, 0.5) is 5.69 Å². The van der Waals surface area contributed by atoms with Crippen molar-refractivity contribution in [1.29, 1.82) is 0 Å². The standard InChI is InChI=1S/C22H22N4O/c1-22(2,3)12-19(27)26-13-15-8-4-5-9-16(15)20-21(25-24-14-23-20)17-10-6-7-11-18(17)26/h4-11,25H,12-13H2,1-3H3/p+1. The molecule has 0 atom stereocenters. The Morgan fingerprint density at radius 3 is 2.56 bits per heavy atom. The van der Waals surface area contributed by atoms with Crippen LogP contribution in [0.3, 0.4) is 0 Å². The molecule has 0 fully saturated rings. The Labute approximate surface area is 159 Å². The molecule has 136 valence electrons. The van der Waals surface area contributed by atoms with Crippen LogP contribution in [0.2, 0.25) is 0 Å². The third kappa shape index (κ3) is 3.26. The first-order valence-electron chi connectivity index (χ1n) is 9.13. The highest BCUT2D eigenvalue weighted by molar-refractivity contribution is 6.02. The smallest absolute Gasteiger partial charge is 0.307 e. The number of para-hydroxylation sites is 1. The van der Waals surface area contributed by atoms with Crippen LogP contribution < -0.4 is 15.6 Å². The lowest BCUT2D eigenvalue weighted by molar-refractivity contribution is -0.120. The minimum atomic E-state index is -0.0811. The number of anilines is 1. The lowest BCUT2D eigenvalue weighted by atomic mass is 9.90. The quantitative estimate of drug-likeness (QED) is 0.751. The zero-order chi connectivity index (χ0) is 19.0. The first-order chi connectivity index (χ1) is 12.9. The molecule has 5 heteroatoms. The molecule has 2 aromatic rings. The Balaban J connectivity index is 1.92. The van der Waals surface area contributed by atoms with Gasteiger partial charge in [-0.25, -0.2) is 0 Å². The maximum atomic E-state index is 13.2. The van der Waals surface area contributed by atoms with Crippen molar-refractivity contribution < 1.29 is 4.79 Å². The van der Waals surface area contributed by atoms with Gasteiger partial charge in [-0.15, -0.1) is 5.43 Å². The molecule has 4 rings (SSSR count). The van der Waals surface area contributed by atoms with Gasteiger partial charge in [-0.3, -0.25) is 4.79 Å². The molecule has 0 unspecified atom stereocenters. The summed E-state index contributed by atoms with van der Waals surface area (Å²) in [5, 5.41) is 3.17. The second-order valence-corrected chi connectivity index (χ2v) is 8.10. The predicted molar refractivity (Wildman–Crippen MR) is 108 cm³/mol. The van der Waals surface area contributed by atoms with Crippen LogP contribution in [0.1, 0.15) is 43.9 Å². The second-order valence-electron chi connectivity index (χ2n) is 8.10. The van der Waals surface area contributed by atoms with E-state index in [-0.39, 0.29) is 11.3 Å². The second kappa shape index (κ2) is 6.48. The van der Waals surface area contributed by atoms with Crippen LogP contribution in [-0.2, 0) is 11.3 Å². The van der Waals surface area contributed by atoms with E-state index in [1.807, 2.05) is 41.3 Å². The number of amides is 1. The van der Waals surface area contributed by atoms with Gasteiger partial charge in [0.25, 0.3) is 0 Å². The SMILES string of the molecule is CC(C)(C)CC(=O)N1Cc2ccccc2C2=C(N[N+]#CN2)c2ccccc21. The molecule has 27 heavy (non-hydrogen) atoms. The number of hydrogen-bond donors (Lipinski definition) is 2. The van der Waals surface area contributed by atoms with E-state index in [9.17, 15) is 4.79 Å². The van der Waals surface area contributed by atoms with Crippen LogP contribution >= 0.6 is 0 Å². The van der Waals surface area contributed by atoms with E-state index in [1.165, 1.54) is 0 Å². The Kier molecular flexibility index (Phi) is 4.12. The molecule has 5 nitrogen and oxygen atoms in total. The van der Waals surface area contributed by atoms with E-state index in [1.54, 1.807) is 0 Å². The van der Waals surface area contributed by atoms with Gasteiger partial charge < -0.3 is 4.90 Å². The van der Waals surface area contributed by atoms with Crippen molar-refractivity contribution in [3.8, 4) is 6.19 Å². The maximum absolute atomic E-state index is 13.2. The first-order valence-corrected chi connectivity index (χ1v) is 9.13. The van der Waals surface area contributed by atoms with E-state index < -0.39 is 0 Å². The van der Waals surface area contributed by atoms with Crippen LogP contribution in [-0.4, -0.2) is 5.91 Å². The lowest BCUT2D eigenvalue weighted by Crippen LogP contribution is -2.35. The lowest BCUT2D eigenvalue weighted by Gasteiger charge is -2.31. The van der Waals surface area contributed by atoms with Gasteiger partial charge in [0.05, 0.1) is 12.2 Å². The van der Waals surface area contributed by atoms with Gasteiger partial charge in [-0.2, -0.15) is 5.32 Å². The van der Waals surface area contributed by atoms with Gasteiger partial charge in [0, 0.05) is 17.5 Å². The summed E-state index contributed by atoms with van der Waals surface area (Å²) in [5.74, 6) is 0.118. The molecule has 0 aliphatic carbocycles. The Bertz CT molecular complexity index is 1000. The fraction of sp³-hybridized carbons (Fsp3) is 0.273. The summed E-state index contributed by atoms with van der Waals surface area (Å²) in [4.78, 5) is 19.2. The highest BCUT2D eigenvalue weighted by atomic mass is 16.2. The molecule has 2 heterocycles. The molecule has 0 saturated carbocycles. The number of nitrogens with zero attached hydrogens (tertiary/aromatic N) is 2. The van der Waals surface area contributed by atoms with Crippen molar-refractivity contribution in [2.45, 2.75) is 33.7 Å². The number of carbonyl (C=O) groups is 1. The summed E-state index contributed by atoms with van der Waals surface area (Å²) in [7, 11) is 0. The molecule has 0 aromatic heterocycles. The number of hydrogen-bond acceptors (Lipinski definition) is 3. The molecule has 0 bridgehead atoms. The van der Waals surface area contributed by atoms with Crippen molar-refractivity contribution in [3.05, 3.63) is 70.2 Å². The van der Waals surface area contributed by atoms with Crippen molar-refractivity contribution in [3.63, 3.8) is 0 Å². The number of rotatable bonds is 1. The van der Waals surface area contributed by atoms with Crippen LogP contribution in [0.25, 0.3) is 16.3 Å². The van der Waals surface area contributed by atoms with Crippen LogP contribution in [0.5, 0.6) is 0 Å². The van der Waals surface area contributed by atoms with Gasteiger partial charge in [0.2, 0.25) is 5.91 Å². The molecule has 0 spiro atoms. The highest BCUT2D eigenvalue weighted by Gasteiger charge is 2.31. The fourth-order valence-electron chi connectivity index (χ4n) is 3.53. The number of fused-ring (bicyclic) bond motifs is 4. The molecule has 0 saturated heterocycles. The molecule has 0 radical (unpaired) electrons. The largest absolute Gasteiger partial charge is 0.411 e. The van der Waals surface area contributed by atoms with E-state index in [0.29, 0.717) is 13.0 Å². The topological polar surface area (TPSA) is 48.7 Å². The van der Waals surface area contributed by atoms with Crippen molar-refractivity contribution >= 4 is 23.0 Å². The Morgan fingerprint density at radius 1 is 1.07 bits per heavy atom. The third-order valence-corrected chi connectivity index (χ3v) is 4.72. The molecular formula is C22H23N4O+. The van der Waals surface area contributed by atoms with Gasteiger partial charge >= 0.3 is 6.19 Å². The van der Waals surface area contributed by atoms with Crippen molar-refractivity contribution in [1.82, 2.24) is 10.7 Å². The normalized spacial score (nSPS) is 15.0. The van der Waals surface area contributed by atoms with E-state index in [0.717, 1.165) is 33.8 Å². The molecule has 2 aliphatic heterocycles. The average molecular weight is 359 g/mol. The van der Waals surface area contributed by atoms with E-state index in [4.69, 9.17) is 0 Å². The minimum absolute atomic E-state index is 0.0811. The summed E-state index contributed by atoms with van der Waals surface area (Å²) in [6, 6.07) is 16.1. The molecule has 2 N–H and O–H groups in total. The predicted octanol–water partition coefficient (Wildman–Crippen LogP) is 4.19. The zero-order valence-electron chi connectivity index (χ0n) is 15.8. The van der Waals surface area contributed by atoms with Crippen LogP contribution in [0.15, 0.2) is 48.5 Å². The fourth-order valence-corrected chi connectivity index (χ4v) is 3.53. The Morgan fingerprint density at radius 2 is 1.78 bits per heavy atom. The molecule has 1 amide bonds.